The zero-order valence-electron chi connectivity index (χ0n) is 16.8. The van der Waals surface area contributed by atoms with E-state index in [1.165, 1.54) is 12.8 Å². The first kappa shape index (κ1) is 19.0. The van der Waals surface area contributed by atoms with Gasteiger partial charge in [-0.3, -0.25) is 4.57 Å². The van der Waals surface area contributed by atoms with Crippen molar-refractivity contribution in [3.05, 3.63) is 31.1 Å². The predicted molar refractivity (Wildman–Crippen MR) is 102 cm³/mol. The van der Waals surface area contributed by atoms with Crippen LogP contribution in [0, 0.1) is 0 Å². The van der Waals surface area contributed by atoms with Gasteiger partial charge in [-0.05, 0) is 12.8 Å². The molecule has 0 aromatic carbocycles. The SMILES string of the molecule is C1CCOC1.COc1nccn1C12CC(F)(C1)C2.FC12CC(n3ccnc3)(C1)C2. The molecule has 29 heavy (non-hydrogen) atoms. The average molecular weight is 406 g/mol. The zero-order chi connectivity index (χ0) is 20.2. The summed E-state index contributed by atoms with van der Waals surface area (Å²) in [6.07, 6.45) is 15.6. The van der Waals surface area contributed by atoms with Gasteiger partial charge in [0, 0.05) is 76.5 Å². The first-order chi connectivity index (χ1) is 13.9. The van der Waals surface area contributed by atoms with E-state index in [1.807, 2.05) is 21.5 Å². The molecule has 1 saturated heterocycles. The normalized spacial score (nSPS) is 40.0. The maximum atomic E-state index is 13.3. The van der Waals surface area contributed by atoms with E-state index in [0.29, 0.717) is 44.5 Å². The molecule has 8 heteroatoms. The lowest BCUT2D eigenvalue weighted by molar-refractivity contribution is -0.199. The fourth-order valence-electron chi connectivity index (χ4n) is 5.61. The van der Waals surface area contributed by atoms with E-state index in [0.717, 1.165) is 13.2 Å². The Balaban J connectivity index is 0.000000103. The Morgan fingerprint density at radius 3 is 2.00 bits per heavy atom. The molecular weight excluding hydrogens is 378 g/mol. The molecule has 0 unspecified atom stereocenters. The van der Waals surface area contributed by atoms with Gasteiger partial charge in [-0.1, -0.05) is 0 Å². The van der Waals surface area contributed by atoms with Crippen LogP contribution < -0.4 is 4.74 Å². The van der Waals surface area contributed by atoms with E-state index < -0.39 is 11.3 Å². The molecule has 0 atom stereocenters. The van der Waals surface area contributed by atoms with Gasteiger partial charge in [-0.2, -0.15) is 0 Å². The number of rotatable bonds is 3. The molecule has 0 N–H and O–H groups in total. The van der Waals surface area contributed by atoms with Crippen LogP contribution in [0.1, 0.15) is 51.4 Å². The molecule has 6 aliphatic carbocycles. The van der Waals surface area contributed by atoms with Gasteiger partial charge in [0.25, 0.3) is 6.01 Å². The molecule has 158 valence electrons. The van der Waals surface area contributed by atoms with Gasteiger partial charge in [-0.15, -0.1) is 0 Å². The molecule has 7 aliphatic rings. The van der Waals surface area contributed by atoms with Gasteiger partial charge >= 0.3 is 0 Å². The Morgan fingerprint density at radius 2 is 1.55 bits per heavy atom. The van der Waals surface area contributed by atoms with E-state index in [2.05, 4.69) is 9.97 Å². The lowest BCUT2D eigenvalue weighted by atomic mass is 9.47. The second-order valence-electron chi connectivity index (χ2n) is 9.38. The number of nitrogens with zero attached hydrogens (tertiary/aromatic N) is 4. The maximum Gasteiger partial charge on any atom is 0.296 e. The highest BCUT2D eigenvalue weighted by molar-refractivity contribution is 5.26. The van der Waals surface area contributed by atoms with Crippen LogP contribution in [0.5, 0.6) is 6.01 Å². The number of alkyl halides is 2. The van der Waals surface area contributed by atoms with E-state index in [1.54, 1.807) is 25.8 Å². The van der Waals surface area contributed by atoms with Crippen molar-refractivity contribution in [1.82, 2.24) is 19.1 Å². The summed E-state index contributed by atoms with van der Waals surface area (Å²) in [4.78, 5) is 8.01. The molecule has 1 aliphatic heterocycles. The molecule has 2 aromatic rings. The van der Waals surface area contributed by atoms with Crippen molar-refractivity contribution in [3.63, 3.8) is 0 Å². The molecular formula is C21H28F2N4O2. The second-order valence-corrected chi connectivity index (χ2v) is 9.38. The third-order valence-electron chi connectivity index (χ3n) is 7.06. The molecule has 6 nitrogen and oxygen atoms in total. The van der Waals surface area contributed by atoms with Crippen LogP contribution in [-0.4, -0.2) is 50.8 Å². The predicted octanol–water partition coefficient (Wildman–Crippen LogP) is 3.77. The summed E-state index contributed by atoms with van der Waals surface area (Å²) in [7, 11) is 1.59. The van der Waals surface area contributed by atoms with Crippen molar-refractivity contribution in [3.8, 4) is 6.01 Å². The fraction of sp³-hybridized carbons (Fsp3) is 0.714. The van der Waals surface area contributed by atoms with Crippen molar-refractivity contribution in [2.45, 2.75) is 73.8 Å². The lowest BCUT2D eigenvalue weighted by Crippen LogP contribution is -2.69. The maximum absolute atomic E-state index is 13.3. The van der Waals surface area contributed by atoms with Crippen LogP contribution in [0.2, 0.25) is 0 Å². The number of imidazole rings is 2. The second kappa shape index (κ2) is 6.52. The first-order valence-corrected chi connectivity index (χ1v) is 10.4. The van der Waals surface area contributed by atoms with E-state index in [9.17, 15) is 8.78 Å². The smallest absolute Gasteiger partial charge is 0.296 e. The molecule has 0 radical (unpaired) electrons. The lowest BCUT2D eigenvalue weighted by Gasteiger charge is -2.66. The third kappa shape index (κ3) is 3.07. The molecule has 0 amide bonds. The molecule has 4 bridgehead atoms. The summed E-state index contributed by atoms with van der Waals surface area (Å²) in [6, 6.07) is 0.599. The molecule has 9 rings (SSSR count). The molecule has 6 saturated carbocycles. The Bertz CT molecular complexity index is 815. The summed E-state index contributed by atoms with van der Waals surface area (Å²) in [6.45, 7) is 2.00. The largest absolute Gasteiger partial charge is 0.468 e. The van der Waals surface area contributed by atoms with E-state index in [4.69, 9.17) is 9.47 Å². The standard InChI is InChI=1S/C9H11FN2O.C8H9FN2.C4H8O/c1-13-7-11-2-3-12(7)9-4-8(10,5-9)6-9;9-7-3-8(4-7,5-7)11-2-1-10-6-11;1-2-4-5-3-1/h2-3H,4-6H2,1H3;1-2,6H,3-5H2;1-4H2. The van der Waals surface area contributed by atoms with Gasteiger partial charge in [0.15, 0.2) is 0 Å². The van der Waals surface area contributed by atoms with Gasteiger partial charge in [0.1, 0.15) is 11.3 Å². The highest BCUT2D eigenvalue weighted by Gasteiger charge is 2.71. The fourth-order valence-corrected chi connectivity index (χ4v) is 5.61. The van der Waals surface area contributed by atoms with Crippen LogP contribution in [0.3, 0.4) is 0 Å². The van der Waals surface area contributed by atoms with Gasteiger partial charge in [0.05, 0.1) is 24.5 Å². The topological polar surface area (TPSA) is 54.1 Å². The van der Waals surface area contributed by atoms with E-state index >= 15 is 0 Å². The Labute approximate surface area is 169 Å². The van der Waals surface area contributed by atoms with Crippen LogP contribution in [0.4, 0.5) is 8.78 Å². The number of methoxy groups -OCH3 is 1. The summed E-state index contributed by atoms with van der Waals surface area (Å²) < 4.78 is 40.4. The number of hydrogen-bond acceptors (Lipinski definition) is 4. The quantitative estimate of drug-likeness (QED) is 0.779. The summed E-state index contributed by atoms with van der Waals surface area (Å²) in [5.74, 6) is 0. The van der Waals surface area contributed by atoms with Crippen molar-refractivity contribution >= 4 is 0 Å². The number of ether oxygens (including phenoxy) is 2. The number of halogens is 2. The van der Waals surface area contributed by atoms with Crippen molar-refractivity contribution in [2.24, 2.45) is 0 Å². The number of hydrogen-bond donors (Lipinski definition) is 0. The van der Waals surface area contributed by atoms with Gasteiger partial charge in [0.2, 0.25) is 0 Å². The molecule has 0 spiro atoms. The van der Waals surface area contributed by atoms with Crippen LogP contribution in [-0.2, 0) is 15.8 Å². The monoisotopic (exact) mass is 406 g/mol. The van der Waals surface area contributed by atoms with Crippen molar-refractivity contribution in [2.75, 3.05) is 20.3 Å². The Morgan fingerprint density at radius 1 is 0.931 bits per heavy atom. The third-order valence-corrected chi connectivity index (χ3v) is 7.06. The minimum Gasteiger partial charge on any atom is -0.468 e. The van der Waals surface area contributed by atoms with Crippen molar-refractivity contribution in [1.29, 1.82) is 0 Å². The zero-order valence-corrected chi connectivity index (χ0v) is 16.8. The number of aromatic nitrogens is 4. The highest BCUT2D eigenvalue weighted by atomic mass is 19.1. The van der Waals surface area contributed by atoms with E-state index in [-0.39, 0.29) is 11.1 Å². The van der Waals surface area contributed by atoms with Gasteiger partial charge < -0.3 is 14.0 Å². The highest BCUT2D eigenvalue weighted by Crippen LogP contribution is 2.68. The summed E-state index contributed by atoms with van der Waals surface area (Å²) >= 11 is 0. The Hall–Kier alpha value is -1.96. The van der Waals surface area contributed by atoms with Crippen LogP contribution in [0.25, 0.3) is 0 Å². The van der Waals surface area contributed by atoms with Gasteiger partial charge in [-0.25, -0.2) is 18.7 Å². The first-order valence-electron chi connectivity index (χ1n) is 10.4. The minimum absolute atomic E-state index is 0.00338. The van der Waals surface area contributed by atoms with Crippen molar-refractivity contribution < 1.29 is 18.3 Å². The Kier molecular flexibility index (Phi) is 4.28. The summed E-state index contributed by atoms with van der Waals surface area (Å²) in [5.41, 5.74) is -1.54. The average Bonchev–Trinajstić information content (AvgIpc) is 3.38. The molecule has 7 fully saturated rings. The molecule has 3 heterocycles. The minimum atomic E-state index is -0.866. The molecule has 2 aromatic heterocycles. The summed E-state index contributed by atoms with van der Waals surface area (Å²) in [5, 5.41) is 0. The van der Waals surface area contributed by atoms with Crippen LogP contribution in [0.15, 0.2) is 31.1 Å². The van der Waals surface area contributed by atoms with Crippen LogP contribution >= 0.6 is 0 Å².